The molecule has 0 radical (unpaired) electrons. The number of anilines is 1. The van der Waals surface area contributed by atoms with E-state index in [2.05, 4.69) is 5.32 Å². The zero-order valence-corrected chi connectivity index (χ0v) is 11.2. The van der Waals surface area contributed by atoms with Crippen LogP contribution < -0.4 is 10.2 Å². The van der Waals surface area contributed by atoms with Gasteiger partial charge in [-0.2, -0.15) is 0 Å². The third-order valence-electron chi connectivity index (χ3n) is 3.48. The van der Waals surface area contributed by atoms with Crippen LogP contribution in [0.3, 0.4) is 0 Å². The highest BCUT2D eigenvalue weighted by Crippen LogP contribution is 2.26. The summed E-state index contributed by atoms with van der Waals surface area (Å²) in [6.45, 7) is 4.62. The Kier molecular flexibility index (Phi) is 4.04. The smallest absolute Gasteiger partial charge is 0.242 e. The molecule has 0 saturated carbocycles. The Labute approximate surface area is 112 Å². The molecule has 1 aromatic rings. The van der Waals surface area contributed by atoms with E-state index >= 15 is 0 Å². The number of aliphatic hydroxyl groups is 1. The fraction of sp³-hybridized carbons (Fsp3) is 0.500. The number of nitrogens with one attached hydrogen (secondary N) is 1. The monoisotopic (exact) mass is 266 g/mol. The summed E-state index contributed by atoms with van der Waals surface area (Å²) in [6.07, 6.45) is -0.0705. The van der Waals surface area contributed by atoms with Gasteiger partial charge in [-0.15, -0.1) is 0 Å². The molecule has 1 heterocycles. The van der Waals surface area contributed by atoms with Gasteiger partial charge in [0.15, 0.2) is 0 Å². The Hall–Kier alpha value is -1.62. The SMILES string of the molecule is CCC1C(=O)NCCN1c1ccc(C(C)O)cc1F. The molecule has 0 aromatic heterocycles. The lowest BCUT2D eigenvalue weighted by Crippen LogP contribution is -2.55. The van der Waals surface area contributed by atoms with Crippen molar-refractivity contribution in [3.63, 3.8) is 0 Å². The van der Waals surface area contributed by atoms with Crippen molar-refractivity contribution >= 4 is 11.6 Å². The average Bonchev–Trinajstić information content (AvgIpc) is 2.38. The molecule has 0 spiro atoms. The third kappa shape index (κ3) is 2.71. The van der Waals surface area contributed by atoms with E-state index in [0.717, 1.165) is 0 Å². The minimum atomic E-state index is -0.699. The summed E-state index contributed by atoms with van der Waals surface area (Å²) < 4.78 is 14.1. The fourth-order valence-corrected chi connectivity index (χ4v) is 2.42. The van der Waals surface area contributed by atoms with Crippen molar-refractivity contribution < 1.29 is 14.3 Å². The minimum Gasteiger partial charge on any atom is -0.389 e. The maximum absolute atomic E-state index is 14.1. The molecule has 1 fully saturated rings. The van der Waals surface area contributed by atoms with Crippen LogP contribution in [0.4, 0.5) is 10.1 Å². The number of hydrogen-bond acceptors (Lipinski definition) is 3. The Morgan fingerprint density at radius 2 is 2.32 bits per heavy atom. The van der Waals surface area contributed by atoms with E-state index in [-0.39, 0.29) is 11.9 Å². The Morgan fingerprint density at radius 3 is 2.89 bits per heavy atom. The fourth-order valence-electron chi connectivity index (χ4n) is 2.42. The summed E-state index contributed by atoms with van der Waals surface area (Å²) in [5, 5.41) is 12.2. The second-order valence-electron chi connectivity index (χ2n) is 4.80. The minimum absolute atomic E-state index is 0.0623. The molecule has 1 aliphatic heterocycles. The molecule has 0 aliphatic carbocycles. The number of aliphatic hydroxyl groups excluding tert-OH is 1. The van der Waals surface area contributed by atoms with Crippen LogP contribution in [0.2, 0.25) is 0 Å². The van der Waals surface area contributed by atoms with Gasteiger partial charge in [0.2, 0.25) is 5.91 Å². The molecular formula is C14H19FN2O2. The molecular weight excluding hydrogens is 247 g/mol. The van der Waals surface area contributed by atoms with Gasteiger partial charge in [-0.1, -0.05) is 13.0 Å². The number of benzene rings is 1. The molecule has 2 rings (SSSR count). The van der Waals surface area contributed by atoms with Crippen molar-refractivity contribution in [2.24, 2.45) is 0 Å². The molecule has 1 aromatic carbocycles. The summed E-state index contributed by atoms with van der Waals surface area (Å²) in [5.74, 6) is -0.459. The van der Waals surface area contributed by atoms with Gasteiger partial charge in [0.05, 0.1) is 11.8 Å². The van der Waals surface area contributed by atoms with Gasteiger partial charge in [0.25, 0.3) is 0 Å². The van der Waals surface area contributed by atoms with Crippen molar-refractivity contribution in [2.45, 2.75) is 32.4 Å². The van der Waals surface area contributed by atoms with E-state index < -0.39 is 11.9 Å². The predicted molar refractivity (Wildman–Crippen MR) is 71.5 cm³/mol. The molecule has 2 N–H and O–H groups in total. The number of rotatable bonds is 3. The second kappa shape index (κ2) is 5.57. The quantitative estimate of drug-likeness (QED) is 0.873. The van der Waals surface area contributed by atoms with E-state index in [1.807, 2.05) is 6.92 Å². The van der Waals surface area contributed by atoms with E-state index in [1.54, 1.807) is 24.0 Å². The highest BCUT2D eigenvalue weighted by Gasteiger charge is 2.29. The third-order valence-corrected chi connectivity index (χ3v) is 3.48. The largest absolute Gasteiger partial charge is 0.389 e. The number of halogens is 1. The summed E-state index contributed by atoms with van der Waals surface area (Å²) in [7, 11) is 0. The lowest BCUT2D eigenvalue weighted by molar-refractivity contribution is -0.123. The van der Waals surface area contributed by atoms with E-state index in [9.17, 15) is 14.3 Å². The van der Waals surface area contributed by atoms with Crippen molar-refractivity contribution in [3.05, 3.63) is 29.6 Å². The number of carbonyl (C=O) groups excluding carboxylic acids is 1. The molecule has 5 heteroatoms. The van der Waals surface area contributed by atoms with Crippen LogP contribution in [-0.4, -0.2) is 30.1 Å². The van der Waals surface area contributed by atoms with Crippen molar-refractivity contribution in [3.8, 4) is 0 Å². The summed E-state index contributed by atoms with van der Waals surface area (Å²) >= 11 is 0. The average molecular weight is 266 g/mol. The van der Waals surface area contributed by atoms with Crippen LogP contribution in [0.5, 0.6) is 0 Å². The highest BCUT2D eigenvalue weighted by molar-refractivity contribution is 5.86. The molecule has 104 valence electrons. The zero-order chi connectivity index (χ0) is 14.0. The van der Waals surface area contributed by atoms with Crippen LogP contribution in [0.1, 0.15) is 31.9 Å². The maximum atomic E-state index is 14.1. The molecule has 4 nitrogen and oxygen atoms in total. The topological polar surface area (TPSA) is 52.6 Å². The van der Waals surface area contributed by atoms with Crippen LogP contribution in [0, 0.1) is 5.82 Å². The van der Waals surface area contributed by atoms with E-state index in [0.29, 0.717) is 30.8 Å². The number of amides is 1. The Morgan fingerprint density at radius 1 is 1.58 bits per heavy atom. The van der Waals surface area contributed by atoms with Crippen LogP contribution in [0.25, 0.3) is 0 Å². The molecule has 19 heavy (non-hydrogen) atoms. The van der Waals surface area contributed by atoms with Gasteiger partial charge in [-0.25, -0.2) is 4.39 Å². The van der Waals surface area contributed by atoms with E-state index in [1.165, 1.54) is 6.07 Å². The van der Waals surface area contributed by atoms with E-state index in [4.69, 9.17) is 0 Å². The molecule has 0 bridgehead atoms. The van der Waals surface area contributed by atoms with Crippen LogP contribution >= 0.6 is 0 Å². The number of piperazine rings is 1. The summed E-state index contributed by atoms with van der Waals surface area (Å²) in [6, 6.07) is 4.33. The normalized spacial score (nSPS) is 21.2. The van der Waals surface area contributed by atoms with Crippen LogP contribution in [-0.2, 0) is 4.79 Å². The van der Waals surface area contributed by atoms with Gasteiger partial charge in [0, 0.05) is 13.1 Å². The van der Waals surface area contributed by atoms with Gasteiger partial charge in [-0.05, 0) is 31.0 Å². The number of carbonyl (C=O) groups is 1. The molecule has 1 aliphatic rings. The Bertz CT molecular complexity index is 477. The summed E-state index contributed by atoms with van der Waals surface area (Å²) in [5.41, 5.74) is 0.960. The number of nitrogens with zero attached hydrogens (tertiary/aromatic N) is 1. The first-order valence-corrected chi connectivity index (χ1v) is 6.56. The van der Waals surface area contributed by atoms with Crippen LogP contribution in [0.15, 0.2) is 18.2 Å². The van der Waals surface area contributed by atoms with Gasteiger partial charge >= 0.3 is 0 Å². The molecule has 2 unspecified atom stereocenters. The number of hydrogen-bond donors (Lipinski definition) is 2. The zero-order valence-electron chi connectivity index (χ0n) is 11.2. The first-order valence-electron chi connectivity index (χ1n) is 6.56. The maximum Gasteiger partial charge on any atom is 0.242 e. The van der Waals surface area contributed by atoms with Crippen molar-refractivity contribution in [2.75, 3.05) is 18.0 Å². The second-order valence-corrected chi connectivity index (χ2v) is 4.80. The van der Waals surface area contributed by atoms with Gasteiger partial charge < -0.3 is 15.3 Å². The predicted octanol–water partition coefficient (Wildman–Crippen LogP) is 1.59. The molecule has 1 saturated heterocycles. The summed E-state index contributed by atoms with van der Waals surface area (Å²) in [4.78, 5) is 13.6. The van der Waals surface area contributed by atoms with Gasteiger partial charge in [-0.3, -0.25) is 4.79 Å². The Balaban J connectivity index is 2.32. The molecule has 1 amide bonds. The van der Waals surface area contributed by atoms with Crippen molar-refractivity contribution in [1.82, 2.24) is 5.32 Å². The van der Waals surface area contributed by atoms with Gasteiger partial charge in [0.1, 0.15) is 11.9 Å². The van der Waals surface area contributed by atoms with Crippen molar-refractivity contribution in [1.29, 1.82) is 0 Å². The first kappa shape index (κ1) is 13.8. The highest BCUT2D eigenvalue weighted by atomic mass is 19.1. The lowest BCUT2D eigenvalue weighted by atomic mass is 10.1. The standard InChI is InChI=1S/C14H19FN2O2/c1-3-12-14(19)16-6-7-17(12)13-5-4-10(9(2)18)8-11(13)15/h4-5,8-9,12,18H,3,6-7H2,1-2H3,(H,16,19). The molecule has 2 atom stereocenters. The lowest BCUT2D eigenvalue weighted by Gasteiger charge is -2.36. The first-order chi connectivity index (χ1) is 9.04.